The fraction of sp³-hybridized carbons (Fsp3) is 0.333. The van der Waals surface area contributed by atoms with Gasteiger partial charge in [0.25, 0.3) is 0 Å². The zero-order chi connectivity index (χ0) is 12.7. The van der Waals surface area contributed by atoms with Gasteiger partial charge in [0, 0.05) is 9.95 Å². The standard InChI is InChI=1S/C12H14O3S2/c1-9(16)17-8-10-2-4-11(5-3-10)12(14)15-7-6-13/h2-5,13H,6-8H2,1H3. The Hall–Kier alpha value is -0.910. The number of thiocarbonyl (C=S) groups is 1. The van der Waals surface area contributed by atoms with Crippen molar-refractivity contribution in [3.05, 3.63) is 35.4 Å². The highest BCUT2D eigenvalue weighted by atomic mass is 32.2. The fourth-order valence-electron chi connectivity index (χ4n) is 1.14. The van der Waals surface area contributed by atoms with Crippen LogP contribution in [0.15, 0.2) is 24.3 Å². The van der Waals surface area contributed by atoms with Crippen molar-refractivity contribution in [2.45, 2.75) is 12.7 Å². The Labute approximate surface area is 110 Å². The van der Waals surface area contributed by atoms with Gasteiger partial charge in [-0.2, -0.15) is 0 Å². The number of esters is 1. The summed E-state index contributed by atoms with van der Waals surface area (Å²) in [6, 6.07) is 7.18. The molecule has 0 aromatic heterocycles. The lowest BCUT2D eigenvalue weighted by molar-refractivity contribution is 0.0434. The van der Waals surface area contributed by atoms with Crippen molar-refractivity contribution in [3.8, 4) is 0 Å². The van der Waals surface area contributed by atoms with E-state index in [1.165, 1.54) is 0 Å². The predicted molar refractivity (Wildman–Crippen MR) is 73.4 cm³/mol. The smallest absolute Gasteiger partial charge is 0.338 e. The first-order valence-electron chi connectivity index (χ1n) is 5.13. The zero-order valence-electron chi connectivity index (χ0n) is 9.51. The lowest BCUT2D eigenvalue weighted by Gasteiger charge is -2.04. The number of hydrogen-bond donors (Lipinski definition) is 1. The molecule has 17 heavy (non-hydrogen) atoms. The van der Waals surface area contributed by atoms with Crippen molar-refractivity contribution in [1.29, 1.82) is 0 Å². The molecule has 92 valence electrons. The number of ether oxygens (including phenoxy) is 1. The third kappa shape index (κ3) is 5.30. The topological polar surface area (TPSA) is 46.5 Å². The molecule has 1 aromatic rings. The Morgan fingerprint density at radius 1 is 1.41 bits per heavy atom. The van der Waals surface area contributed by atoms with Gasteiger partial charge in [-0.05, 0) is 24.6 Å². The summed E-state index contributed by atoms with van der Waals surface area (Å²) in [5.74, 6) is 0.394. The van der Waals surface area contributed by atoms with Crippen molar-refractivity contribution in [3.63, 3.8) is 0 Å². The molecule has 5 heteroatoms. The van der Waals surface area contributed by atoms with Crippen LogP contribution in [0.25, 0.3) is 0 Å². The molecular weight excluding hydrogens is 256 g/mol. The van der Waals surface area contributed by atoms with Gasteiger partial charge in [-0.25, -0.2) is 4.79 Å². The Morgan fingerprint density at radius 3 is 2.59 bits per heavy atom. The highest BCUT2D eigenvalue weighted by Gasteiger charge is 2.06. The number of thioether (sulfide) groups is 1. The number of rotatable bonds is 5. The second-order valence-corrected chi connectivity index (χ2v) is 5.40. The molecule has 0 fully saturated rings. The van der Waals surface area contributed by atoms with Gasteiger partial charge in [-0.15, -0.1) is 11.8 Å². The molecule has 0 aliphatic heterocycles. The van der Waals surface area contributed by atoms with E-state index in [1.54, 1.807) is 23.9 Å². The predicted octanol–water partition coefficient (Wildman–Crippen LogP) is 2.42. The lowest BCUT2D eigenvalue weighted by Crippen LogP contribution is -2.08. The van der Waals surface area contributed by atoms with Gasteiger partial charge in [0.15, 0.2) is 0 Å². The van der Waals surface area contributed by atoms with Crippen LogP contribution in [0.3, 0.4) is 0 Å². The molecule has 3 nitrogen and oxygen atoms in total. The summed E-state index contributed by atoms with van der Waals surface area (Å²) in [5.41, 5.74) is 1.60. The third-order valence-electron chi connectivity index (χ3n) is 1.96. The summed E-state index contributed by atoms with van der Waals surface area (Å²) in [4.78, 5) is 11.4. The Balaban J connectivity index is 2.55. The first-order valence-corrected chi connectivity index (χ1v) is 6.53. The number of aliphatic hydroxyl groups is 1. The highest BCUT2D eigenvalue weighted by molar-refractivity contribution is 8.22. The minimum absolute atomic E-state index is 0.0283. The molecule has 0 saturated heterocycles. The monoisotopic (exact) mass is 270 g/mol. The first kappa shape index (κ1) is 14.2. The minimum Gasteiger partial charge on any atom is -0.460 e. The minimum atomic E-state index is -0.413. The van der Waals surface area contributed by atoms with Crippen LogP contribution < -0.4 is 0 Å². The maximum absolute atomic E-state index is 11.4. The maximum Gasteiger partial charge on any atom is 0.338 e. The van der Waals surface area contributed by atoms with E-state index in [9.17, 15) is 4.79 Å². The van der Waals surface area contributed by atoms with Gasteiger partial charge < -0.3 is 9.84 Å². The number of hydrogen-bond acceptors (Lipinski definition) is 5. The van der Waals surface area contributed by atoms with Crippen molar-refractivity contribution in [2.24, 2.45) is 0 Å². The summed E-state index contributed by atoms with van der Waals surface area (Å²) >= 11 is 6.57. The molecule has 1 rings (SSSR count). The van der Waals surface area contributed by atoms with E-state index >= 15 is 0 Å². The Kier molecular flexibility index (Phi) is 6.18. The van der Waals surface area contributed by atoms with E-state index in [-0.39, 0.29) is 13.2 Å². The molecule has 0 spiro atoms. The van der Waals surface area contributed by atoms with Crippen molar-refractivity contribution in [2.75, 3.05) is 13.2 Å². The van der Waals surface area contributed by atoms with E-state index in [2.05, 4.69) is 0 Å². The quantitative estimate of drug-likeness (QED) is 0.657. The molecule has 0 amide bonds. The molecule has 0 radical (unpaired) electrons. The zero-order valence-corrected chi connectivity index (χ0v) is 11.1. The van der Waals surface area contributed by atoms with Crippen LogP contribution in [0.1, 0.15) is 22.8 Å². The second-order valence-electron chi connectivity index (χ2n) is 3.34. The molecular formula is C12H14O3S2. The lowest BCUT2D eigenvalue weighted by atomic mass is 10.1. The highest BCUT2D eigenvalue weighted by Crippen LogP contribution is 2.15. The van der Waals surface area contributed by atoms with E-state index in [0.29, 0.717) is 5.56 Å². The van der Waals surface area contributed by atoms with E-state index in [0.717, 1.165) is 15.5 Å². The van der Waals surface area contributed by atoms with Gasteiger partial charge in [-0.3, -0.25) is 0 Å². The summed E-state index contributed by atoms with van der Waals surface area (Å²) in [7, 11) is 0. The number of benzene rings is 1. The Bertz CT molecular complexity index is 387. The Morgan fingerprint density at radius 2 is 2.06 bits per heavy atom. The van der Waals surface area contributed by atoms with Gasteiger partial charge in [0.05, 0.1) is 12.2 Å². The van der Waals surface area contributed by atoms with Gasteiger partial charge >= 0.3 is 5.97 Å². The van der Waals surface area contributed by atoms with Crippen LogP contribution in [0.2, 0.25) is 0 Å². The van der Waals surface area contributed by atoms with E-state index in [4.69, 9.17) is 22.1 Å². The number of carbonyl (C=O) groups excluding carboxylic acids is 1. The number of carbonyl (C=O) groups is 1. The third-order valence-corrected chi connectivity index (χ3v) is 3.19. The summed E-state index contributed by atoms with van der Waals surface area (Å²) in [5, 5.41) is 8.54. The average Bonchev–Trinajstić information content (AvgIpc) is 2.34. The molecule has 0 aliphatic carbocycles. The van der Waals surface area contributed by atoms with Crippen LogP contribution in [-0.4, -0.2) is 28.5 Å². The SMILES string of the molecule is CC(=S)SCc1ccc(C(=O)OCCO)cc1. The van der Waals surface area contributed by atoms with Gasteiger partial charge in [0.2, 0.25) is 0 Å². The summed E-state index contributed by atoms with van der Waals surface area (Å²) in [6.45, 7) is 1.76. The van der Waals surface area contributed by atoms with Crippen molar-refractivity contribution < 1.29 is 14.6 Å². The van der Waals surface area contributed by atoms with Crippen LogP contribution in [0.4, 0.5) is 0 Å². The van der Waals surface area contributed by atoms with Gasteiger partial charge in [-0.1, -0.05) is 24.4 Å². The molecule has 0 saturated carbocycles. The molecule has 0 aliphatic rings. The van der Waals surface area contributed by atoms with Crippen LogP contribution in [0.5, 0.6) is 0 Å². The van der Waals surface area contributed by atoms with Gasteiger partial charge in [0.1, 0.15) is 6.61 Å². The van der Waals surface area contributed by atoms with E-state index < -0.39 is 5.97 Å². The molecule has 1 N–H and O–H groups in total. The van der Waals surface area contributed by atoms with Crippen LogP contribution in [0, 0.1) is 0 Å². The van der Waals surface area contributed by atoms with Crippen molar-refractivity contribution in [1.82, 2.24) is 0 Å². The largest absolute Gasteiger partial charge is 0.460 e. The molecule has 1 aromatic carbocycles. The average molecular weight is 270 g/mol. The molecule has 0 unspecified atom stereocenters. The molecule has 0 bridgehead atoms. The van der Waals surface area contributed by atoms with Crippen LogP contribution in [-0.2, 0) is 10.5 Å². The summed E-state index contributed by atoms with van der Waals surface area (Å²) in [6.07, 6.45) is 0. The fourth-order valence-corrected chi connectivity index (χ4v) is 1.88. The van der Waals surface area contributed by atoms with E-state index in [1.807, 2.05) is 19.1 Å². The summed E-state index contributed by atoms with van der Waals surface area (Å²) < 4.78 is 5.70. The molecule has 0 heterocycles. The molecule has 0 atom stereocenters. The number of aliphatic hydroxyl groups excluding tert-OH is 1. The van der Waals surface area contributed by atoms with Crippen LogP contribution >= 0.6 is 24.0 Å². The first-order chi connectivity index (χ1) is 8.13. The van der Waals surface area contributed by atoms with Crippen molar-refractivity contribution >= 4 is 34.1 Å². The maximum atomic E-state index is 11.4. The normalized spacial score (nSPS) is 10.0. The second kappa shape index (κ2) is 7.42.